The predicted octanol–water partition coefficient (Wildman–Crippen LogP) is 0.994. The molecule has 9 heteroatoms. The first-order chi connectivity index (χ1) is 13.1. The summed E-state index contributed by atoms with van der Waals surface area (Å²) < 4.78 is 16.7. The lowest BCUT2D eigenvalue weighted by molar-refractivity contribution is -0.155. The zero-order chi connectivity index (χ0) is 21.0. The highest BCUT2D eigenvalue weighted by Gasteiger charge is 2.47. The highest BCUT2D eigenvalue weighted by Crippen LogP contribution is 2.33. The van der Waals surface area contributed by atoms with E-state index in [0.29, 0.717) is 6.42 Å². The SMILES string of the molecule is CC(=O)O[C@@H]1[C@H](C)[C@@H](COC(=O)[C@@H](N)C(C)C)O[C@H]1N1C=CCC(C(=O)O)=C1. The molecule has 0 aromatic carbocycles. The van der Waals surface area contributed by atoms with Crippen LogP contribution < -0.4 is 5.73 Å². The maximum atomic E-state index is 12.0. The molecule has 9 nitrogen and oxygen atoms in total. The Morgan fingerprint density at radius 3 is 2.64 bits per heavy atom. The van der Waals surface area contributed by atoms with Crippen LogP contribution in [0.25, 0.3) is 0 Å². The molecule has 0 aliphatic carbocycles. The third-order valence-electron chi connectivity index (χ3n) is 4.87. The number of carbonyl (C=O) groups excluding carboxylic acids is 2. The highest BCUT2D eigenvalue weighted by molar-refractivity contribution is 5.87. The zero-order valence-electron chi connectivity index (χ0n) is 16.5. The molecule has 3 N–H and O–H groups in total. The predicted molar refractivity (Wildman–Crippen MR) is 98.5 cm³/mol. The van der Waals surface area contributed by atoms with Gasteiger partial charge < -0.3 is 30.0 Å². The van der Waals surface area contributed by atoms with Gasteiger partial charge in [0.1, 0.15) is 18.8 Å². The van der Waals surface area contributed by atoms with Gasteiger partial charge in [0.05, 0.1) is 5.57 Å². The molecule has 0 bridgehead atoms. The summed E-state index contributed by atoms with van der Waals surface area (Å²) in [6.07, 6.45) is 3.21. The molecule has 28 heavy (non-hydrogen) atoms. The summed E-state index contributed by atoms with van der Waals surface area (Å²) >= 11 is 0. The Hall–Kier alpha value is -2.39. The fourth-order valence-electron chi connectivity index (χ4n) is 3.05. The van der Waals surface area contributed by atoms with Gasteiger partial charge in [0.15, 0.2) is 12.3 Å². The summed E-state index contributed by atoms with van der Waals surface area (Å²) in [4.78, 5) is 36.4. The van der Waals surface area contributed by atoms with Gasteiger partial charge in [0.2, 0.25) is 0 Å². The summed E-state index contributed by atoms with van der Waals surface area (Å²) in [5.74, 6) is -2.38. The van der Waals surface area contributed by atoms with E-state index in [1.807, 2.05) is 20.8 Å². The minimum atomic E-state index is -1.03. The van der Waals surface area contributed by atoms with Gasteiger partial charge in [-0.3, -0.25) is 9.59 Å². The van der Waals surface area contributed by atoms with Gasteiger partial charge in [-0.25, -0.2) is 4.79 Å². The van der Waals surface area contributed by atoms with E-state index < -0.39 is 42.4 Å². The number of hydrogen-bond acceptors (Lipinski definition) is 8. The van der Waals surface area contributed by atoms with Crippen molar-refractivity contribution in [2.24, 2.45) is 17.6 Å². The average molecular weight is 396 g/mol. The Labute approximate surface area is 164 Å². The largest absolute Gasteiger partial charge is 0.478 e. The van der Waals surface area contributed by atoms with Gasteiger partial charge in [0, 0.05) is 31.7 Å². The number of esters is 2. The van der Waals surface area contributed by atoms with Crippen molar-refractivity contribution in [3.05, 3.63) is 24.0 Å². The third-order valence-corrected chi connectivity index (χ3v) is 4.87. The van der Waals surface area contributed by atoms with E-state index in [1.54, 1.807) is 17.2 Å². The number of carboxylic acids is 1. The maximum absolute atomic E-state index is 12.0. The number of carbonyl (C=O) groups is 3. The minimum absolute atomic E-state index is 0.0399. The molecule has 156 valence electrons. The van der Waals surface area contributed by atoms with E-state index in [1.165, 1.54) is 13.1 Å². The number of carboxylic acid groups (broad SMARTS) is 1. The number of aliphatic carboxylic acids is 1. The zero-order valence-corrected chi connectivity index (χ0v) is 16.5. The van der Waals surface area contributed by atoms with E-state index in [0.717, 1.165) is 0 Å². The van der Waals surface area contributed by atoms with Crippen LogP contribution in [0.15, 0.2) is 24.0 Å². The average Bonchev–Trinajstić information content (AvgIpc) is 2.94. The fraction of sp³-hybridized carbons (Fsp3) is 0.632. The standard InChI is InChI=1S/C19H28N2O7/c1-10(2)15(20)19(25)26-9-14-11(3)16(27-12(4)22)17(28-14)21-7-5-6-13(8-21)18(23)24/h5,7-8,10-11,14-17H,6,9,20H2,1-4H3,(H,23,24)/t11-,14-,15+,16-,17-/m1/s1. The Balaban J connectivity index is 2.13. The Morgan fingerprint density at radius 1 is 1.39 bits per heavy atom. The van der Waals surface area contributed by atoms with Crippen molar-refractivity contribution < 1.29 is 33.7 Å². The van der Waals surface area contributed by atoms with E-state index in [-0.39, 0.29) is 24.0 Å². The van der Waals surface area contributed by atoms with Crippen LogP contribution in [-0.2, 0) is 28.6 Å². The monoisotopic (exact) mass is 396 g/mol. The summed E-state index contributed by atoms with van der Waals surface area (Å²) in [5.41, 5.74) is 5.99. The molecular formula is C19H28N2O7. The van der Waals surface area contributed by atoms with Crippen LogP contribution in [0.1, 0.15) is 34.1 Å². The number of nitrogens with zero attached hydrogens (tertiary/aromatic N) is 1. The van der Waals surface area contributed by atoms with Crippen LogP contribution in [0.4, 0.5) is 0 Å². The third kappa shape index (κ3) is 5.11. The second-order valence-corrected chi connectivity index (χ2v) is 7.39. The molecule has 0 spiro atoms. The normalized spacial score (nSPS) is 28.1. The summed E-state index contributed by atoms with van der Waals surface area (Å²) in [6, 6.07) is -0.733. The van der Waals surface area contributed by atoms with Crippen molar-refractivity contribution in [2.75, 3.05) is 6.61 Å². The molecule has 0 saturated carbocycles. The van der Waals surface area contributed by atoms with Crippen LogP contribution in [0, 0.1) is 11.8 Å². The van der Waals surface area contributed by atoms with Crippen LogP contribution >= 0.6 is 0 Å². The minimum Gasteiger partial charge on any atom is -0.478 e. The molecule has 1 fully saturated rings. The lowest BCUT2D eigenvalue weighted by atomic mass is 10.00. The van der Waals surface area contributed by atoms with Crippen LogP contribution in [0.2, 0.25) is 0 Å². The Bertz CT molecular complexity index is 673. The molecule has 0 unspecified atom stereocenters. The number of hydrogen-bond donors (Lipinski definition) is 2. The molecule has 0 amide bonds. The van der Waals surface area contributed by atoms with Crippen molar-refractivity contribution in [2.45, 2.75) is 58.6 Å². The molecule has 2 aliphatic rings. The summed E-state index contributed by atoms with van der Waals surface area (Å²) in [6.45, 7) is 6.72. The van der Waals surface area contributed by atoms with Gasteiger partial charge in [-0.1, -0.05) is 26.8 Å². The summed E-state index contributed by atoms with van der Waals surface area (Å²) in [5, 5.41) is 9.23. The highest BCUT2D eigenvalue weighted by atomic mass is 16.6. The van der Waals surface area contributed by atoms with Gasteiger partial charge >= 0.3 is 17.9 Å². The van der Waals surface area contributed by atoms with Gasteiger partial charge in [-0.2, -0.15) is 0 Å². The molecular weight excluding hydrogens is 368 g/mol. The van der Waals surface area contributed by atoms with Crippen molar-refractivity contribution in [1.82, 2.24) is 4.90 Å². The Morgan fingerprint density at radius 2 is 2.07 bits per heavy atom. The van der Waals surface area contributed by atoms with Crippen molar-refractivity contribution >= 4 is 17.9 Å². The quantitative estimate of drug-likeness (QED) is 0.605. The lowest BCUT2D eigenvalue weighted by Gasteiger charge is -2.30. The van der Waals surface area contributed by atoms with Gasteiger partial charge in [0.25, 0.3) is 0 Å². The van der Waals surface area contributed by atoms with Crippen LogP contribution in [-0.4, -0.2) is 59.0 Å². The Kier molecular flexibility index (Phi) is 7.20. The maximum Gasteiger partial charge on any atom is 0.333 e. The molecule has 0 radical (unpaired) electrons. The van der Waals surface area contributed by atoms with Crippen molar-refractivity contribution in [3.8, 4) is 0 Å². The molecule has 2 rings (SSSR count). The smallest absolute Gasteiger partial charge is 0.333 e. The first kappa shape index (κ1) is 21.9. The summed E-state index contributed by atoms with van der Waals surface area (Å²) in [7, 11) is 0. The topological polar surface area (TPSA) is 128 Å². The van der Waals surface area contributed by atoms with Crippen molar-refractivity contribution in [1.29, 1.82) is 0 Å². The molecule has 2 heterocycles. The molecule has 5 atom stereocenters. The number of rotatable bonds is 7. The second-order valence-electron chi connectivity index (χ2n) is 7.39. The first-order valence-corrected chi connectivity index (χ1v) is 9.24. The fourth-order valence-corrected chi connectivity index (χ4v) is 3.05. The van der Waals surface area contributed by atoms with Crippen molar-refractivity contribution in [3.63, 3.8) is 0 Å². The number of nitrogens with two attached hydrogens (primary N) is 1. The van der Waals surface area contributed by atoms with Crippen LogP contribution in [0.3, 0.4) is 0 Å². The van der Waals surface area contributed by atoms with E-state index in [4.69, 9.17) is 19.9 Å². The number of allylic oxidation sites excluding steroid dienone is 1. The second kappa shape index (κ2) is 9.20. The molecule has 1 saturated heterocycles. The van der Waals surface area contributed by atoms with Gasteiger partial charge in [-0.15, -0.1) is 0 Å². The van der Waals surface area contributed by atoms with E-state index in [9.17, 15) is 19.5 Å². The number of ether oxygens (including phenoxy) is 3. The molecule has 2 aliphatic heterocycles. The van der Waals surface area contributed by atoms with E-state index >= 15 is 0 Å². The van der Waals surface area contributed by atoms with E-state index in [2.05, 4.69) is 0 Å². The van der Waals surface area contributed by atoms with Crippen LogP contribution in [0.5, 0.6) is 0 Å². The van der Waals surface area contributed by atoms with Gasteiger partial charge in [-0.05, 0) is 5.92 Å². The molecule has 0 aromatic rings. The molecule has 0 aromatic heterocycles. The lowest BCUT2D eigenvalue weighted by Crippen LogP contribution is -2.40. The first-order valence-electron chi connectivity index (χ1n) is 9.24.